The SMILES string of the molecule is CC(=O)CCC(=O)N(C)S(=O)(=O)c1ccc(C(=O)OCCOCCO)cc1. The van der Waals surface area contributed by atoms with E-state index in [0.717, 1.165) is 7.05 Å². The minimum Gasteiger partial charge on any atom is -0.460 e. The molecule has 0 atom stereocenters. The quantitative estimate of drug-likeness (QED) is 0.416. The van der Waals surface area contributed by atoms with Crippen LogP contribution in [-0.4, -0.2) is 69.0 Å². The summed E-state index contributed by atoms with van der Waals surface area (Å²) >= 11 is 0. The number of esters is 1. The molecule has 0 fully saturated rings. The third-order valence-corrected chi connectivity index (χ3v) is 5.28. The number of sulfonamides is 1. The Kier molecular flexibility index (Phi) is 9.06. The van der Waals surface area contributed by atoms with Crippen LogP contribution in [0, 0.1) is 0 Å². The molecule has 1 amide bonds. The smallest absolute Gasteiger partial charge is 0.338 e. The highest BCUT2D eigenvalue weighted by Crippen LogP contribution is 2.17. The second kappa shape index (κ2) is 10.8. The van der Waals surface area contributed by atoms with Gasteiger partial charge in [-0.1, -0.05) is 0 Å². The molecular formula is C17H23NO8S. The molecule has 0 heterocycles. The van der Waals surface area contributed by atoms with Crippen LogP contribution in [0.4, 0.5) is 0 Å². The second-order valence-electron chi connectivity index (χ2n) is 5.56. The highest BCUT2D eigenvalue weighted by atomic mass is 32.2. The molecule has 1 aromatic rings. The summed E-state index contributed by atoms with van der Waals surface area (Å²) in [5.74, 6) is -1.56. The fourth-order valence-electron chi connectivity index (χ4n) is 1.94. The number of rotatable bonds is 11. The van der Waals surface area contributed by atoms with Crippen LogP contribution < -0.4 is 0 Å². The van der Waals surface area contributed by atoms with Gasteiger partial charge in [-0.15, -0.1) is 0 Å². The number of hydrogen-bond acceptors (Lipinski definition) is 8. The lowest BCUT2D eigenvalue weighted by Crippen LogP contribution is -2.33. The number of aliphatic hydroxyl groups excluding tert-OH is 1. The van der Waals surface area contributed by atoms with Crippen molar-refractivity contribution in [2.24, 2.45) is 0 Å². The van der Waals surface area contributed by atoms with E-state index in [1.54, 1.807) is 0 Å². The molecule has 10 heteroatoms. The number of aliphatic hydroxyl groups is 1. The first kappa shape index (κ1) is 22.7. The summed E-state index contributed by atoms with van der Waals surface area (Å²) in [6, 6.07) is 4.95. The van der Waals surface area contributed by atoms with Gasteiger partial charge >= 0.3 is 5.97 Å². The van der Waals surface area contributed by atoms with Crippen LogP contribution in [0.25, 0.3) is 0 Å². The molecule has 0 radical (unpaired) electrons. The van der Waals surface area contributed by atoms with Crippen molar-refractivity contribution in [3.05, 3.63) is 29.8 Å². The monoisotopic (exact) mass is 401 g/mol. The van der Waals surface area contributed by atoms with Gasteiger partial charge in [0.1, 0.15) is 12.4 Å². The molecule has 0 aromatic heterocycles. The first-order valence-electron chi connectivity index (χ1n) is 8.17. The van der Waals surface area contributed by atoms with Gasteiger partial charge in [0.25, 0.3) is 10.0 Å². The Morgan fingerprint density at radius 1 is 1.04 bits per heavy atom. The Labute approximate surface area is 157 Å². The number of Topliss-reactive ketones (excluding diaryl/α,β-unsaturated/α-hetero) is 1. The third kappa shape index (κ3) is 7.08. The molecular weight excluding hydrogens is 378 g/mol. The number of ether oxygens (including phenoxy) is 2. The maximum absolute atomic E-state index is 12.4. The fourth-order valence-corrected chi connectivity index (χ4v) is 3.09. The first-order chi connectivity index (χ1) is 12.7. The van der Waals surface area contributed by atoms with Gasteiger partial charge in [0.15, 0.2) is 0 Å². The number of hydrogen-bond donors (Lipinski definition) is 1. The van der Waals surface area contributed by atoms with Gasteiger partial charge in [0.05, 0.1) is 30.3 Å². The van der Waals surface area contributed by atoms with E-state index >= 15 is 0 Å². The van der Waals surface area contributed by atoms with Crippen molar-refractivity contribution in [2.75, 3.05) is 33.5 Å². The predicted molar refractivity (Wildman–Crippen MR) is 94.5 cm³/mol. The van der Waals surface area contributed by atoms with Gasteiger partial charge in [-0.2, -0.15) is 0 Å². The van der Waals surface area contributed by atoms with Crippen LogP contribution in [0.15, 0.2) is 29.2 Å². The molecule has 0 spiro atoms. The lowest BCUT2D eigenvalue weighted by molar-refractivity contribution is -0.128. The minimum absolute atomic E-state index is 0.00767. The number of benzene rings is 1. The second-order valence-corrected chi connectivity index (χ2v) is 7.53. The molecule has 0 aliphatic carbocycles. The molecule has 27 heavy (non-hydrogen) atoms. The highest BCUT2D eigenvalue weighted by Gasteiger charge is 2.25. The molecule has 0 bridgehead atoms. The zero-order chi connectivity index (χ0) is 20.4. The van der Waals surface area contributed by atoms with Gasteiger partial charge in [0, 0.05) is 19.9 Å². The lowest BCUT2D eigenvalue weighted by atomic mass is 10.2. The van der Waals surface area contributed by atoms with Crippen LogP contribution in [0.5, 0.6) is 0 Å². The summed E-state index contributed by atoms with van der Waals surface area (Å²) in [4.78, 5) is 34.6. The van der Waals surface area contributed by atoms with E-state index in [0.29, 0.717) is 4.31 Å². The summed E-state index contributed by atoms with van der Waals surface area (Å²) < 4.78 is 35.4. The molecule has 0 aliphatic heterocycles. The van der Waals surface area contributed by atoms with E-state index in [4.69, 9.17) is 14.6 Å². The number of carbonyl (C=O) groups excluding carboxylic acids is 3. The molecule has 0 saturated carbocycles. The van der Waals surface area contributed by atoms with Crippen LogP contribution in [0.3, 0.4) is 0 Å². The zero-order valence-corrected chi connectivity index (χ0v) is 16.0. The standard InChI is InChI=1S/C17H23NO8S/c1-13(20)3-8-16(21)18(2)27(23,24)15-6-4-14(5-7-15)17(22)26-12-11-25-10-9-19/h4-7,19H,3,8-12H2,1-2H3. The van der Waals surface area contributed by atoms with Crippen molar-refractivity contribution in [1.82, 2.24) is 4.31 Å². The number of amides is 1. The third-order valence-electron chi connectivity index (χ3n) is 3.49. The van der Waals surface area contributed by atoms with Crippen molar-refractivity contribution in [3.63, 3.8) is 0 Å². The molecule has 0 saturated heterocycles. The van der Waals surface area contributed by atoms with Gasteiger partial charge in [-0.05, 0) is 31.2 Å². The minimum atomic E-state index is -4.08. The molecule has 0 aliphatic rings. The average molecular weight is 401 g/mol. The summed E-state index contributed by atoms with van der Waals surface area (Å²) in [6.07, 6.45) is -0.237. The van der Waals surface area contributed by atoms with Crippen molar-refractivity contribution >= 4 is 27.7 Å². The Bertz CT molecular complexity index is 758. The van der Waals surface area contributed by atoms with Crippen LogP contribution in [0.1, 0.15) is 30.1 Å². The van der Waals surface area contributed by atoms with E-state index < -0.39 is 21.9 Å². The number of carbonyl (C=O) groups is 3. The van der Waals surface area contributed by atoms with Crippen molar-refractivity contribution < 1.29 is 37.4 Å². The molecule has 1 aromatic carbocycles. The Hall–Kier alpha value is -2.30. The summed E-state index contributed by atoms with van der Waals surface area (Å²) in [6.45, 7) is 1.45. The van der Waals surface area contributed by atoms with E-state index in [-0.39, 0.29) is 55.5 Å². The van der Waals surface area contributed by atoms with Gasteiger partial charge in [-0.3, -0.25) is 4.79 Å². The van der Waals surface area contributed by atoms with Gasteiger partial charge < -0.3 is 19.4 Å². The fraction of sp³-hybridized carbons (Fsp3) is 0.471. The molecule has 0 unspecified atom stereocenters. The van der Waals surface area contributed by atoms with Crippen LogP contribution in [-0.2, 0) is 29.1 Å². The van der Waals surface area contributed by atoms with Gasteiger partial charge in [0.2, 0.25) is 5.91 Å². The van der Waals surface area contributed by atoms with Crippen LogP contribution >= 0.6 is 0 Å². The molecule has 1 N–H and O–H groups in total. The number of nitrogens with zero attached hydrogens (tertiary/aromatic N) is 1. The van der Waals surface area contributed by atoms with Gasteiger partial charge in [-0.25, -0.2) is 17.5 Å². The average Bonchev–Trinajstić information content (AvgIpc) is 2.65. The summed E-state index contributed by atoms with van der Waals surface area (Å²) in [5.41, 5.74) is 0.140. The van der Waals surface area contributed by atoms with Crippen molar-refractivity contribution in [3.8, 4) is 0 Å². The molecule has 9 nitrogen and oxygen atoms in total. The van der Waals surface area contributed by atoms with E-state index in [2.05, 4.69) is 0 Å². The van der Waals surface area contributed by atoms with E-state index in [9.17, 15) is 22.8 Å². The van der Waals surface area contributed by atoms with E-state index in [1.807, 2.05) is 0 Å². The summed E-state index contributed by atoms with van der Waals surface area (Å²) in [7, 11) is -2.96. The maximum Gasteiger partial charge on any atom is 0.338 e. The van der Waals surface area contributed by atoms with Crippen molar-refractivity contribution in [1.29, 1.82) is 0 Å². The topological polar surface area (TPSA) is 127 Å². The Morgan fingerprint density at radius 3 is 2.22 bits per heavy atom. The molecule has 150 valence electrons. The zero-order valence-electron chi connectivity index (χ0n) is 15.2. The first-order valence-corrected chi connectivity index (χ1v) is 9.61. The van der Waals surface area contributed by atoms with Crippen molar-refractivity contribution in [2.45, 2.75) is 24.7 Å². The Morgan fingerprint density at radius 2 is 1.67 bits per heavy atom. The maximum atomic E-state index is 12.4. The van der Waals surface area contributed by atoms with E-state index in [1.165, 1.54) is 31.2 Å². The number of ketones is 1. The summed E-state index contributed by atoms with van der Waals surface area (Å²) in [5, 5.41) is 8.55. The Balaban J connectivity index is 2.71. The lowest BCUT2D eigenvalue weighted by Gasteiger charge is -2.17. The van der Waals surface area contributed by atoms with Crippen LogP contribution in [0.2, 0.25) is 0 Å². The largest absolute Gasteiger partial charge is 0.460 e. The predicted octanol–water partition coefficient (Wildman–Crippen LogP) is 0.369. The normalized spacial score (nSPS) is 11.1. The molecule has 1 rings (SSSR count). The highest BCUT2D eigenvalue weighted by molar-refractivity contribution is 7.89.